The SMILES string of the molecule is O=C(O)O.O=[Si]([O-])[O-].[Mg+2]. The summed E-state index contributed by atoms with van der Waals surface area (Å²) in [5.74, 6) is 0. The van der Waals surface area contributed by atoms with Gasteiger partial charge in [0.2, 0.25) is 0 Å². The molecule has 0 heterocycles. The van der Waals surface area contributed by atoms with Gasteiger partial charge in [-0.3, -0.25) is 0 Å². The molecule has 0 amide bonds. The molecule has 0 aliphatic heterocycles. The van der Waals surface area contributed by atoms with E-state index < -0.39 is 15.3 Å². The van der Waals surface area contributed by atoms with Crippen LogP contribution >= 0.6 is 0 Å². The Hall–Kier alpha value is -0.347. The molecular formula is CH2MgO6Si. The minimum atomic E-state index is -3.63. The van der Waals surface area contributed by atoms with Crippen molar-refractivity contribution in [2.75, 3.05) is 0 Å². The van der Waals surface area contributed by atoms with E-state index in [-0.39, 0.29) is 23.1 Å². The molecule has 0 saturated carbocycles. The fraction of sp³-hybridized carbons (Fsp3) is 0. The van der Waals surface area contributed by atoms with Gasteiger partial charge in [0.05, 0.1) is 0 Å². The smallest absolute Gasteiger partial charge is 0.672 e. The van der Waals surface area contributed by atoms with E-state index in [4.69, 9.17) is 29.1 Å². The maximum atomic E-state index is 8.56. The summed E-state index contributed by atoms with van der Waals surface area (Å²) in [7, 11) is -3.63. The Morgan fingerprint density at radius 1 is 1.33 bits per heavy atom. The zero-order valence-corrected chi connectivity index (χ0v) is 6.65. The standard InChI is InChI=1S/CH2O3.Mg.O3Si/c2-1(3)4;;1-4(2)3/h(H2,2,3,4);;/q;+2;-2. The Balaban J connectivity index is -0.0000000720. The van der Waals surface area contributed by atoms with Crippen LogP contribution in [0.15, 0.2) is 0 Å². The Morgan fingerprint density at radius 2 is 1.33 bits per heavy atom. The first kappa shape index (κ1) is 15.9. The maximum Gasteiger partial charge on any atom is 2.00 e. The summed E-state index contributed by atoms with van der Waals surface area (Å²) in [5.41, 5.74) is 0. The van der Waals surface area contributed by atoms with Crippen molar-refractivity contribution in [3.63, 3.8) is 0 Å². The van der Waals surface area contributed by atoms with Gasteiger partial charge >= 0.3 is 29.2 Å². The molecule has 0 atom stereocenters. The van der Waals surface area contributed by atoms with Crippen molar-refractivity contribution in [3.05, 3.63) is 0 Å². The Morgan fingerprint density at radius 3 is 1.33 bits per heavy atom. The molecule has 0 unspecified atom stereocenters. The summed E-state index contributed by atoms with van der Waals surface area (Å²) in [6, 6.07) is 0. The first-order chi connectivity index (χ1) is 3.46. The van der Waals surface area contributed by atoms with Crippen molar-refractivity contribution < 1.29 is 29.1 Å². The molecule has 0 fully saturated rings. The number of rotatable bonds is 0. The van der Waals surface area contributed by atoms with Crippen molar-refractivity contribution >= 4 is 38.4 Å². The van der Waals surface area contributed by atoms with E-state index in [1.165, 1.54) is 0 Å². The normalized spacial score (nSPS) is 5.33. The number of hydrogen-bond acceptors (Lipinski definition) is 4. The van der Waals surface area contributed by atoms with Crippen LogP contribution in [-0.4, -0.2) is 48.6 Å². The van der Waals surface area contributed by atoms with Gasteiger partial charge in [-0.2, -0.15) is 0 Å². The second-order valence-electron chi connectivity index (χ2n) is 0.533. The quantitative estimate of drug-likeness (QED) is 0.365. The zero-order valence-electron chi connectivity index (χ0n) is 4.23. The van der Waals surface area contributed by atoms with Crippen LogP contribution in [0.5, 0.6) is 0 Å². The van der Waals surface area contributed by atoms with Crippen molar-refractivity contribution in [2.24, 2.45) is 0 Å². The molecule has 0 bridgehead atoms. The number of carboxylic acid groups (broad SMARTS) is 2. The van der Waals surface area contributed by atoms with Crippen LogP contribution in [0.1, 0.15) is 0 Å². The van der Waals surface area contributed by atoms with Crippen LogP contribution in [0.25, 0.3) is 0 Å². The summed E-state index contributed by atoms with van der Waals surface area (Å²) < 4.78 is 8.52. The Bertz CT molecular complexity index is 71.1. The van der Waals surface area contributed by atoms with Crippen molar-refractivity contribution in [1.29, 1.82) is 0 Å². The molecule has 0 saturated heterocycles. The van der Waals surface area contributed by atoms with Crippen LogP contribution in [0.4, 0.5) is 4.79 Å². The first-order valence-corrected chi connectivity index (χ1v) is 2.49. The molecule has 0 aromatic rings. The minimum absolute atomic E-state index is 0. The molecular weight excluding hydrogens is 160 g/mol. The fourth-order valence-electron chi connectivity index (χ4n) is 0. The first-order valence-electron chi connectivity index (χ1n) is 1.26. The second-order valence-corrected chi connectivity index (χ2v) is 1.03. The molecule has 9 heavy (non-hydrogen) atoms. The summed E-state index contributed by atoms with van der Waals surface area (Å²) >= 11 is 0. The Kier molecular flexibility index (Phi) is 18.7. The molecule has 0 aromatic carbocycles. The third-order valence-electron chi connectivity index (χ3n) is 0. The van der Waals surface area contributed by atoms with Gasteiger partial charge in [0.1, 0.15) is 0 Å². The summed E-state index contributed by atoms with van der Waals surface area (Å²) in [4.78, 5) is 25.6. The van der Waals surface area contributed by atoms with Crippen LogP contribution in [-0.2, 0) is 4.46 Å². The van der Waals surface area contributed by atoms with Gasteiger partial charge in [-0.25, -0.2) is 4.79 Å². The van der Waals surface area contributed by atoms with Gasteiger partial charge in [-0.05, 0) is 0 Å². The maximum absolute atomic E-state index is 8.56. The van der Waals surface area contributed by atoms with Gasteiger partial charge in [0.25, 0.3) is 0 Å². The average Bonchev–Trinajstić information content (AvgIpc) is 1.25. The van der Waals surface area contributed by atoms with E-state index in [0.717, 1.165) is 0 Å². The van der Waals surface area contributed by atoms with Crippen molar-refractivity contribution in [3.8, 4) is 0 Å². The molecule has 0 spiro atoms. The third kappa shape index (κ3) is 2030. The van der Waals surface area contributed by atoms with E-state index in [2.05, 4.69) is 0 Å². The topological polar surface area (TPSA) is 121 Å². The van der Waals surface area contributed by atoms with Gasteiger partial charge in [0.15, 0.2) is 0 Å². The summed E-state index contributed by atoms with van der Waals surface area (Å²) in [5, 5.41) is 13.9. The van der Waals surface area contributed by atoms with E-state index in [1.54, 1.807) is 0 Å². The Labute approximate surface area is 67.8 Å². The molecule has 0 rings (SSSR count). The van der Waals surface area contributed by atoms with Crippen LogP contribution < -0.4 is 9.59 Å². The molecule has 0 aliphatic carbocycles. The molecule has 0 radical (unpaired) electrons. The monoisotopic (exact) mass is 162 g/mol. The predicted octanol–water partition coefficient (Wildman–Crippen LogP) is -3.04. The number of carbonyl (C=O) groups is 1. The average molecular weight is 162 g/mol. The largest absolute Gasteiger partial charge is 2.00 e. The molecule has 8 heteroatoms. The molecule has 48 valence electrons. The van der Waals surface area contributed by atoms with Crippen molar-refractivity contribution in [2.45, 2.75) is 0 Å². The third-order valence-corrected chi connectivity index (χ3v) is 0. The molecule has 0 aromatic heterocycles. The van der Waals surface area contributed by atoms with Gasteiger partial charge < -0.3 is 24.3 Å². The fourth-order valence-corrected chi connectivity index (χ4v) is 0. The van der Waals surface area contributed by atoms with Crippen molar-refractivity contribution in [1.82, 2.24) is 0 Å². The minimum Gasteiger partial charge on any atom is -0.672 e. The van der Waals surface area contributed by atoms with Crippen LogP contribution in [0.3, 0.4) is 0 Å². The summed E-state index contributed by atoms with van der Waals surface area (Å²) in [6.45, 7) is 0. The van der Waals surface area contributed by atoms with Crippen LogP contribution in [0.2, 0.25) is 0 Å². The van der Waals surface area contributed by atoms with E-state index >= 15 is 0 Å². The molecule has 2 N–H and O–H groups in total. The summed E-state index contributed by atoms with van der Waals surface area (Å²) in [6.07, 6.45) is -1.83. The van der Waals surface area contributed by atoms with E-state index in [1.807, 2.05) is 0 Å². The van der Waals surface area contributed by atoms with E-state index in [9.17, 15) is 0 Å². The predicted molar refractivity (Wildman–Crippen MR) is 22.8 cm³/mol. The molecule has 0 aliphatic rings. The molecule has 6 nitrogen and oxygen atoms in total. The van der Waals surface area contributed by atoms with E-state index in [0.29, 0.717) is 0 Å². The van der Waals surface area contributed by atoms with Gasteiger partial charge in [0, 0.05) is 9.17 Å². The van der Waals surface area contributed by atoms with Gasteiger partial charge in [-0.15, -0.1) is 0 Å². The number of hydrogen-bond donors (Lipinski definition) is 2. The zero-order chi connectivity index (χ0) is 7.15. The van der Waals surface area contributed by atoms with Gasteiger partial charge in [-0.1, -0.05) is 0 Å². The second kappa shape index (κ2) is 10.6. The van der Waals surface area contributed by atoms with Crippen LogP contribution in [0, 0.1) is 0 Å².